The van der Waals surface area contributed by atoms with Crippen molar-refractivity contribution >= 4 is 5.95 Å². The number of rotatable bonds is 6. The molecule has 32 heavy (non-hydrogen) atoms. The minimum Gasteiger partial charge on any atom is -0.350 e. The first-order valence-electron chi connectivity index (χ1n) is 10.2. The van der Waals surface area contributed by atoms with Crippen LogP contribution in [0.25, 0.3) is 28.3 Å². The number of benzene rings is 3. The van der Waals surface area contributed by atoms with Gasteiger partial charge in [0.1, 0.15) is 17.2 Å². The number of nitrogens with zero attached hydrogens (tertiary/aromatic N) is 5. The topological polar surface area (TPSA) is 68.5 Å². The molecule has 1 N–H and O–H groups in total. The fourth-order valence-corrected chi connectivity index (χ4v) is 3.42. The molecular weight excluding hydrogens is 403 g/mol. The van der Waals surface area contributed by atoms with Gasteiger partial charge in [-0.1, -0.05) is 53.7 Å². The van der Waals surface area contributed by atoms with Crippen molar-refractivity contribution in [2.75, 3.05) is 5.32 Å². The van der Waals surface area contributed by atoms with E-state index < -0.39 is 0 Å². The Balaban J connectivity index is 1.57. The summed E-state index contributed by atoms with van der Waals surface area (Å²) in [7, 11) is 0. The molecule has 5 aromatic rings. The summed E-state index contributed by atoms with van der Waals surface area (Å²) in [5.41, 5.74) is 4.70. The first-order valence-corrected chi connectivity index (χ1v) is 10.2. The molecule has 0 bridgehead atoms. The SMILES string of the molecule is Fc1ccc(-c2nnn(-c3ccccc3)c2-c2ccnc(NCc3ccccc3)n2)cc1. The van der Waals surface area contributed by atoms with Crippen LogP contribution >= 0.6 is 0 Å². The van der Waals surface area contributed by atoms with E-state index in [2.05, 4.69) is 20.6 Å². The molecule has 0 aliphatic carbocycles. The predicted octanol–water partition coefficient (Wildman–Crippen LogP) is 5.14. The van der Waals surface area contributed by atoms with Crippen molar-refractivity contribution in [3.05, 3.63) is 109 Å². The van der Waals surface area contributed by atoms with E-state index in [0.717, 1.165) is 16.8 Å². The number of hydrogen-bond donors (Lipinski definition) is 1. The predicted molar refractivity (Wildman–Crippen MR) is 122 cm³/mol. The van der Waals surface area contributed by atoms with Gasteiger partial charge in [0.2, 0.25) is 5.95 Å². The van der Waals surface area contributed by atoms with Crippen LogP contribution in [0.3, 0.4) is 0 Å². The summed E-state index contributed by atoms with van der Waals surface area (Å²) in [5, 5.41) is 12.0. The normalized spacial score (nSPS) is 10.8. The second-order valence-electron chi connectivity index (χ2n) is 7.15. The third-order valence-corrected chi connectivity index (χ3v) is 4.98. The maximum absolute atomic E-state index is 13.5. The van der Waals surface area contributed by atoms with E-state index in [-0.39, 0.29) is 5.82 Å². The van der Waals surface area contributed by atoms with Gasteiger partial charge in [-0.05, 0) is 48.0 Å². The average molecular weight is 422 g/mol. The van der Waals surface area contributed by atoms with Gasteiger partial charge >= 0.3 is 0 Å². The maximum Gasteiger partial charge on any atom is 0.223 e. The van der Waals surface area contributed by atoms with Gasteiger partial charge in [-0.15, -0.1) is 5.10 Å². The largest absolute Gasteiger partial charge is 0.350 e. The molecule has 0 saturated carbocycles. The second-order valence-corrected chi connectivity index (χ2v) is 7.15. The number of para-hydroxylation sites is 1. The smallest absolute Gasteiger partial charge is 0.223 e. The summed E-state index contributed by atoms with van der Waals surface area (Å²) in [6.45, 7) is 0.602. The number of hydrogen-bond acceptors (Lipinski definition) is 5. The van der Waals surface area contributed by atoms with Crippen LogP contribution in [0.5, 0.6) is 0 Å². The standard InChI is InChI=1S/C25H19FN6/c26-20-13-11-19(12-14-20)23-24(32(31-30-23)21-9-5-2-6-10-21)22-15-16-27-25(29-22)28-17-18-7-3-1-4-8-18/h1-16H,17H2,(H,27,28,29). The fourth-order valence-electron chi connectivity index (χ4n) is 3.42. The molecule has 2 heterocycles. The van der Waals surface area contributed by atoms with Crippen molar-refractivity contribution in [2.45, 2.75) is 6.54 Å². The third-order valence-electron chi connectivity index (χ3n) is 4.98. The Morgan fingerprint density at radius 1 is 0.812 bits per heavy atom. The summed E-state index contributed by atoms with van der Waals surface area (Å²) in [6, 6.07) is 27.8. The second kappa shape index (κ2) is 8.77. The molecule has 0 fully saturated rings. The van der Waals surface area contributed by atoms with Crippen LogP contribution in [0.4, 0.5) is 10.3 Å². The molecule has 5 rings (SSSR count). The number of aromatic nitrogens is 5. The van der Waals surface area contributed by atoms with Crippen LogP contribution in [-0.2, 0) is 6.54 Å². The Kier molecular flexibility index (Phi) is 5.36. The van der Waals surface area contributed by atoms with Crippen LogP contribution in [0.15, 0.2) is 97.2 Å². The third kappa shape index (κ3) is 4.09. The Bertz CT molecular complexity index is 1320. The number of anilines is 1. The van der Waals surface area contributed by atoms with Crippen molar-refractivity contribution in [3.63, 3.8) is 0 Å². The quantitative estimate of drug-likeness (QED) is 0.410. The van der Waals surface area contributed by atoms with Crippen molar-refractivity contribution in [2.24, 2.45) is 0 Å². The monoisotopic (exact) mass is 422 g/mol. The van der Waals surface area contributed by atoms with Crippen LogP contribution in [0.1, 0.15) is 5.56 Å². The molecule has 0 aliphatic rings. The average Bonchev–Trinajstić information content (AvgIpc) is 3.30. The molecule has 156 valence electrons. The Morgan fingerprint density at radius 2 is 1.53 bits per heavy atom. The first-order chi connectivity index (χ1) is 15.8. The molecule has 6 nitrogen and oxygen atoms in total. The molecule has 0 amide bonds. The molecule has 0 aliphatic heterocycles. The van der Waals surface area contributed by atoms with Gasteiger partial charge in [0.25, 0.3) is 0 Å². The lowest BCUT2D eigenvalue weighted by Gasteiger charge is -2.10. The van der Waals surface area contributed by atoms with Gasteiger partial charge < -0.3 is 5.32 Å². The highest BCUT2D eigenvalue weighted by Crippen LogP contribution is 2.31. The molecule has 0 saturated heterocycles. The lowest BCUT2D eigenvalue weighted by Crippen LogP contribution is -2.05. The molecule has 0 radical (unpaired) electrons. The Hall–Kier alpha value is -4.39. The Labute approximate surface area is 184 Å². The van der Waals surface area contributed by atoms with E-state index in [1.54, 1.807) is 23.0 Å². The van der Waals surface area contributed by atoms with E-state index in [1.807, 2.05) is 66.7 Å². The number of halogens is 1. The first kappa shape index (κ1) is 19.6. The van der Waals surface area contributed by atoms with E-state index in [9.17, 15) is 4.39 Å². The summed E-state index contributed by atoms with van der Waals surface area (Å²) >= 11 is 0. The van der Waals surface area contributed by atoms with Crippen LogP contribution in [-0.4, -0.2) is 25.0 Å². The van der Waals surface area contributed by atoms with Gasteiger partial charge in [0, 0.05) is 18.3 Å². The summed E-state index contributed by atoms with van der Waals surface area (Å²) in [4.78, 5) is 9.08. The molecule has 3 aromatic carbocycles. The van der Waals surface area contributed by atoms with Crippen LogP contribution in [0, 0.1) is 5.82 Å². The molecule has 0 unspecified atom stereocenters. The van der Waals surface area contributed by atoms with Crippen molar-refractivity contribution in [3.8, 4) is 28.3 Å². The molecular formula is C25H19FN6. The molecule has 0 spiro atoms. The molecule has 2 aromatic heterocycles. The van der Waals surface area contributed by atoms with Gasteiger partial charge in [0.05, 0.1) is 11.4 Å². The minimum absolute atomic E-state index is 0.305. The van der Waals surface area contributed by atoms with Gasteiger partial charge in [-0.2, -0.15) is 0 Å². The van der Waals surface area contributed by atoms with Gasteiger partial charge in [-0.3, -0.25) is 0 Å². The number of nitrogens with one attached hydrogen (secondary N) is 1. The Morgan fingerprint density at radius 3 is 2.28 bits per heavy atom. The van der Waals surface area contributed by atoms with Crippen LogP contribution < -0.4 is 5.32 Å². The zero-order valence-corrected chi connectivity index (χ0v) is 17.1. The summed E-state index contributed by atoms with van der Waals surface area (Å²) in [6.07, 6.45) is 1.70. The van der Waals surface area contributed by atoms with Crippen molar-refractivity contribution < 1.29 is 4.39 Å². The van der Waals surface area contributed by atoms with Crippen molar-refractivity contribution in [1.82, 2.24) is 25.0 Å². The van der Waals surface area contributed by atoms with Gasteiger partial charge in [-0.25, -0.2) is 19.0 Å². The van der Waals surface area contributed by atoms with Crippen molar-refractivity contribution in [1.29, 1.82) is 0 Å². The lowest BCUT2D eigenvalue weighted by atomic mass is 10.1. The summed E-state index contributed by atoms with van der Waals surface area (Å²) < 4.78 is 15.2. The van der Waals surface area contributed by atoms with E-state index in [0.29, 0.717) is 29.6 Å². The van der Waals surface area contributed by atoms with E-state index in [4.69, 9.17) is 4.98 Å². The zero-order valence-electron chi connectivity index (χ0n) is 17.1. The van der Waals surface area contributed by atoms with E-state index in [1.165, 1.54) is 12.1 Å². The minimum atomic E-state index is -0.305. The summed E-state index contributed by atoms with van der Waals surface area (Å²) in [5.74, 6) is 0.192. The van der Waals surface area contributed by atoms with Crippen LogP contribution in [0.2, 0.25) is 0 Å². The van der Waals surface area contributed by atoms with E-state index >= 15 is 0 Å². The molecule has 7 heteroatoms. The highest BCUT2D eigenvalue weighted by atomic mass is 19.1. The van der Waals surface area contributed by atoms with Gasteiger partial charge in [0.15, 0.2) is 0 Å². The highest BCUT2D eigenvalue weighted by Gasteiger charge is 2.19. The molecule has 0 atom stereocenters. The maximum atomic E-state index is 13.5. The fraction of sp³-hybridized carbons (Fsp3) is 0.0400. The lowest BCUT2D eigenvalue weighted by molar-refractivity contribution is 0.628. The zero-order chi connectivity index (χ0) is 21.8. The highest BCUT2D eigenvalue weighted by molar-refractivity contribution is 5.77.